The first-order chi connectivity index (χ1) is 12.7. The second-order valence-corrected chi connectivity index (χ2v) is 7.44. The van der Waals surface area contributed by atoms with Crippen LogP contribution in [-0.2, 0) is 6.42 Å². The first-order valence-electron chi connectivity index (χ1n) is 8.75. The minimum Gasteiger partial charge on any atom is -0.330 e. The van der Waals surface area contributed by atoms with Crippen molar-refractivity contribution in [3.05, 3.63) is 87.6 Å². The average molecular weight is 366 g/mol. The van der Waals surface area contributed by atoms with E-state index in [0.717, 1.165) is 29.8 Å². The van der Waals surface area contributed by atoms with Gasteiger partial charge in [-0.05, 0) is 36.1 Å². The molecule has 1 aromatic heterocycles. The summed E-state index contributed by atoms with van der Waals surface area (Å²) in [6, 6.07) is 16.6. The molecule has 3 nitrogen and oxygen atoms in total. The number of hydrogen-bond acceptors (Lipinski definition) is 3. The van der Waals surface area contributed by atoms with Crippen LogP contribution < -0.4 is 0 Å². The third kappa shape index (κ3) is 3.53. The first kappa shape index (κ1) is 16.9. The molecule has 1 aliphatic heterocycles. The minimum atomic E-state index is -0.255. The highest BCUT2D eigenvalue weighted by molar-refractivity contribution is 7.09. The second kappa shape index (κ2) is 7.38. The van der Waals surface area contributed by atoms with E-state index < -0.39 is 0 Å². The predicted molar refractivity (Wildman–Crippen MR) is 101 cm³/mol. The van der Waals surface area contributed by atoms with Crippen LogP contribution in [0.2, 0.25) is 0 Å². The number of halogens is 1. The van der Waals surface area contributed by atoms with Gasteiger partial charge in [0.15, 0.2) is 0 Å². The van der Waals surface area contributed by atoms with Gasteiger partial charge in [0.2, 0.25) is 0 Å². The highest BCUT2D eigenvalue weighted by atomic mass is 32.1. The van der Waals surface area contributed by atoms with Gasteiger partial charge in [0.1, 0.15) is 11.5 Å². The van der Waals surface area contributed by atoms with Crippen LogP contribution in [0.5, 0.6) is 0 Å². The Kier molecular flexibility index (Phi) is 4.80. The molecule has 0 N–H and O–H groups in total. The lowest BCUT2D eigenvalue weighted by Crippen LogP contribution is -2.30. The van der Waals surface area contributed by atoms with E-state index in [1.54, 1.807) is 12.1 Å². The number of likely N-dealkylation sites (tertiary alicyclic amines) is 1. The topological polar surface area (TPSA) is 33.2 Å². The quantitative estimate of drug-likeness (QED) is 0.661. The normalized spacial score (nSPS) is 16.8. The van der Waals surface area contributed by atoms with Crippen molar-refractivity contribution in [3.63, 3.8) is 0 Å². The zero-order valence-electron chi connectivity index (χ0n) is 14.3. The van der Waals surface area contributed by atoms with Crippen LogP contribution in [0, 0.1) is 5.82 Å². The standard InChI is InChI=1S/C21H19FN2OS/c22-17-10-8-16(9-11-17)19-7-4-12-24(19)21(25)18-14-26-20(23-18)13-15-5-2-1-3-6-15/h1-3,5-6,8-11,14,19H,4,7,12-13H2/t19-/m0/s1. The SMILES string of the molecule is O=C(c1csc(Cc2ccccc2)n1)N1CCC[C@H]1c1ccc(F)cc1. The Morgan fingerprint density at radius 1 is 1.15 bits per heavy atom. The van der Waals surface area contributed by atoms with E-state index in [0.29, 0.717) is 12.2 Å². The van der Waals surface area contributed by atoms with Gasteiger partial charge in [0.25, 0.3) is 5.91 Å². The van der Waals surface area contributed by atoms with E-state index in [2.05, 4.69) is 17.1 Å². The van der Waals surface area contributed by atoms with Crippen LogP contribution in [0.25, 0.3) is 0 Å². The van der Waals surface area contributed by atoms with Crippen molar-refractivity contribution in [2.75, 3.05) is 6.54 Å². The van der Waals surface area contributed by atoms with Crippen LogP contribution >= 0.6 is 11.3 Å². The van der Waals surface area contributed by atoms with Gasteiger partial charge in [-0.3, -0.25) is 4.79 Å². The highest BCUT2D eigenvalue weighted by Gasteiger charge is 2.31. The van der Waals surface area contributed by atoms with Crippen molar-refractivity contribution in [1.82, 2.24) is 9.88 Å². The second-order valence-electron chi connectivity index (χ2n) is 6.50. The van der Waals surface area contributed by atoms with Gasteiger partial charge in [-0.15, -0.1) is 11.3 Å². The number of carbonyl (C=O) groups excluding carboxylic acids is 1. The minimum absolute atomic E-state index is 0.00220. The number of nitrogens with zero attached hydrogens (tertiary/aromatic N) is 2. The van der Waals surface area contributed by atoms with Gasteiger partial charge in [-0.25, -0.2) is 9.37 Å². The number of aromatic nitrogens is 1. The molecule has 1 aliphatic rings. The molecule has 0 saturated carbocycles. The lowest BCUT2D eigenvalue weighted by Gasteiger charge is -2.24. The van der Waals surface area contributed by atoms with E-state index >= 15 is 0 Å². The Labute approximate surface area is 156 Å². The Morgan fingerprint density at radius 3 is 2.69 bits per heavy atom. The zero-order valence-corrected chi connectivity index (χ0v) is 15.1. The summed E-state index contributed by atoms with van der Waals surface area (Å²) in [5.41, 5.74) is 2.68. The number of benzene rings is 2. The molecular weight excluding hydrogens is 347 g/mol. The fourth-order valence-electron chi connectivity index (χ4n) is 3.45. The molecule has 0 spiro atoms. The number of amides is 1. The van der Waals surface area contributed by atoms with Crippen molar-refractivity contribution in [2.24, 2.45) is 0 Å². The molecule has 1 atom stereocenters. The number of hydrogen-bond donors (Lipinski definition) is 0. The summed E-state index contributed by atoms with van der Waals surface area (Å²) >= 11 is 1.52. The van der Waals surface area contributed by atoms with Crippen molar-refractivity contribution in [1.29, 1.82) is 0 Å². The fourth-order valence-corrected chi connectivity index (χ4v) is 4.25. The van der Waals surface area contributed by atoms with E-state index in [-0.39, 0.29) is 17.8 Å². The average Bonchev–Trinajstić information content (AvgIpc) is 3.32. The summed E-state index contributed by atoms with van der Waals surface area (Å²) in [6.45, 7) is 0.715. The monoisotopic (exact) mass is 366 g/mol. The van der Waals surface area contributed by atoms with E-state index in [9.17, 15) is 9.18 Å². The molecule has 0 bridgehead atoms. The Balaban J connectivity index is 1.51. The third-order valence-corrected chi connectivity index (χ3v) is 5.59. The van der Waals surface area contributed by atoms with Crippen LogP contribution in [0.1, 0.15) is 45.5 Å². The van der Waals surface area contributed by atoms with Crippen LogP contribution in [0.3, 0.4) is 0 Å². The third-order valence-electron chi connectivity index (χ3n) is 4.74. The van der Waals surface area contributed by atoms with Crippen molar-refractivity contribution in [3.8, 4) is 0 Å². The zero-order chi connectivity index (χ0) is 17.9. The van der Waals surface area contributed by atoms with Crippen molar-refractivity contribution < 1.29 is 9.18 Å². The van der Waals surface area contributed by atoms with Gasteiger partial charge in [0.05, 0.1) is 11.0 Å². The summed E-state index contributed by atoms with van der Waals surface area (Å²) in [4.78, 5) is 19.4. The van der Waals surface area contributed by atoms with Gasteiger partial charge in [-0.2, -0.15) is 0 Å². The molecule has 5 heteroatoms. The van der Waals surface area contributed by atoms with Crippen LogP contribution in [0.4, 0.5) is 4.39 Å². The Morgan fingerprint density at radius 2 is 1.92 bits per heavy atom. The van der Waals surface area contributed by atoms with E-state index in [1.807, 2.05) is 28.5 Å². The lowest BCUT2D eigenvalue weighted by molar-refractivity contribution is 0.0730. The van der Waals surface area contributed by atoms with Crippen molar-refractivity contribution >= 4 is 17.2 Å². The number of thiazole rings is 1. The molecule has 2 aromatic carbocycles. The molecule has 0 radical (unpaired) electrons. The molecule has 26 heavy (non-hydrogen) atoms. The maximum Gasteiger partial charge on any atom is 0.273 e. The van der Waals surface area contributed by atoms with E-state index in [1.165, 1.54) is 29.0 Å². The molecule has 1 fully saturated rings. The summed E-state index contributed by atoms with van der Waals surface area (Å²) < 4.78 is 13.2. The van der Waals surface area contributed by atoms with E-state index in [4.69, 9.17) is 0 Å². The molecule has 2 heterocycles. The van der Waals surface area contributed by atoms with Gasteiger partial charge in [-0.1, -0.05) is 42.5 Å². The smallest absolute Gasteiger partial charge is 0.273 e. The van der Waals surface area contributed by atoms with Gasteiger partial charge >= 0.3 is 0 Å². The summed E-state index contributed by atoms with van der Waals surface area (Å²) in [5, 5.41) is 2.79. The maximum atomic E-state index is 13.2. The predicted octanol–water partition coefficient (Wildman–Crippen LogP) is 4.85. The summed E-state index contributed by atoms with van der Waals surface area (Å²) in [7, 11) is 0. The molecule has 1 saturated heterocycles. The summed E-state index contributed by atoms with van der Waals surface area (Å²) in [6.07, 6.45) is 2.59. The van der Waals surface area contributed by atoms with Crippen LogP contribution in [0.15, 0.2) is 60.0 Å². The number of carbonyl (C=O) groups is 1. The Hall–Kier alpha value is -2.53. The molecule has 3 aromatic rings. The largest absolute Gasteiger partial charge is 0.330 e. The highest BCUT2D eigenvalue weighted by Crippen LogP contribution is 2.33. The molecule has 1 amide bonds. The van der Waals surface area contributed by atoms with Gasteiger partial charge in [0, 0.05) is 18.3 Å². The molecular formula is C21H19FN2OS. The Bertz CT molecular complexity index is 892. The molecule has 132 valence electrons. The molecule has 0 unspecified atom stereocenters. The number of rotatable bonds is 4. The fraction of sp³-hybridized carbons (Fsp3) is 0.238. The van der Waals surface area contributed by atoms with Gasteiger partial charge < -0.3 is 4.90 Å². The summed E-state index contributed by atoms with van der Waals surface area (Å²) in [5.74, 6) is -0.290. The molecule has 0 aliphatic carbocycles. The van der Waals surface area contributed by atoms with Crippen LogP contribution in [-0.4, -0.2) is 22.3 Å². The van der Waals surface area contributed by atoms with Crippen molar-refractivity contribution in [2.45, 2.75) is 25.3 Å². The lowest BCUT2D eigenvalue weighted by atomic mass is 10.0. The first-order valence-corrected chi connectivity index (χ1v) is 9.63. The maximum absolute atomic E-state index is 13.2. The molecule has 4 rings (SSSR count).